The van der Waals surface area contributed by atoms with Gasteiger partial charge in [0.2, 0.25) is 0 Å². The zero-order valence-electron chi connectivity index (χ0n) is 5.83. The molecule has 0 spiro atoms. The van der Waals surface area contributed by atoms with Gasteiger partial charge in [-0.05, 0) is 0 Å². The van der Waals surface area contributed by atoms with Gasteiger partial charge in [-0.2, -0.15) is 22.7 Å². The third-order valence-electron chi connectivity index (χ3n) is 1.14. The van der Waals surface area contributed by atoms with Crippen molar-refractivity contribution in [3.8, 4) is 0 Å². The zero-order valence-corrected chi connectivity index (χ0v) is 9.91. The minimum absolute atomic E-state index is 0. The van der Waals surface area contributed by atoms with Gasteiger partial charge in [0, 0.05) is 0 Å². The third kappa shape index (κ3) is 4.82. The van der Waals surface area contributed by atoms with Gasteiger partial charge in [-0.1, -0.05) is 13.8 Å². The van der Waals surface area contributed by atoms with E-state index in [1.165, 1.54) is 11.1 Å². The fourth-order valence-electron chi connectivity index (χ4n) is 0.459. The maximum absolute atomic E-state index is 3.22. The maximum atomic E-state index is 3.22. The molecule has 1 rings (SSSR count). The minimum Gasteiger partial charge on any atom is -1.00 e. The van der Waals surface area contributed by atoms with Gasteiger partial charge in [-0.3, -0.25) is 8.19 Å². The predicted molar refractivity (Wildman–Crippen MR) is 34.3 cm³/mol. The molecule has 0 fully saturated rings. The molecule has 0 nitrogen and oxygen atoms in total. The summed E-state index contributed by atoms with van der Waals surface area (Å²) < 4.78 is 0. The standard InChI is InChI=1S/C6H8P.2ClH.Ti/c1-5-3-7-4-6(5)2;;;/h3,7H,1-2H3;2*1H;/q-1;;;+3/p-2. The van der Waals surface area contributed by atoms with Gasteiger partial charge in [-0.15, -0.1) is 0 Å². The Morgan fingerprint density at radius 1 is 1.30 bits per heavy atom. The SMILES string of the molecule is Cc1[c-][pH]cc1C.[Cl-].[Cl-].[Ti+3]. The van der Waals surface area contributed by atoms with Crippen molar-refractivity contribution in [1.82, 2.24) is 0 Å². The van der Waals surface area contributed by atoms with Crippen LogP contribution < -0.4 is 24.8 Å². The van der Waals surface area contributed by atoms with Crippen LogP contribution in [0.3, 0.4) is 0 Å². The zero-order chi connectivity index (χ0) is 5.28. The summed E-state index contributed by atoms with van der Waals surface area (Å²) in [6.45, 7) is 4.23. The summed E-state index contributed by atoms with van der Waals surface area (Å²) in [7, 11) is 0.820. The molecular formula is C6H8Cl2PTi. The second-order valence-electron chi connectivity index (χ2n) is 1.72. The molecule has 4 heteroatoms. The molecule has 0 amide bonds. The fraction of sp³-hybridized carbons (Fsp3) is 0.333. The maximum Gasteiger partial charge on any atom is 3.00 e. The monoisotopic (exact) mass is 229 g/mol. The van der Waals surface area contributed by atoms with Crippen molar-refractivity contribution in [2.24, 2.45) is 0 Å². The van der Waals surface area contributed by atoms with E-state index >= 15 is 0 Å². The quantitative estimate of drug-likeness (QED) is 0.316. The van der Waals surface area contributed by atoms with E-state index in [0.717, 1.165) is 8.19 Å². The predicted octanol–water partition coefficient (Wildman–Crippen LogP) is -3.86. The van der Waals surface area contributed by atoms with Crippen LogP contribution in [0.5, 0.6) is 0 Å². The van der Waals surface area contributed by atoms with E-state index < -0.39 is 0 Å². The molecule has 0 aliphatic rings. The average molecular weight is 230 g/mol. The van der Waals surface area contributed by atoms with Crippen LogP contribution in [0.4, 0.5) is 0 Å². The Morgan fingerprint density at radius 2 is 1.80 bits per heavy atom. The Bertz CT molecular complexity index is 148. The summed E-state index contributed by atoms with van der Waals surface area (Å²) in [6.07, 6.45) is 0. The van der Waals surface area contributed by atoms with E-state index in [-0.39, 0.29) is 46.5 Å². The summed E-state index contributed by atoms with van der Waals surface area (Å²) >= 11 is 0. The molecule has 0 saturated carbocycles. The minimum atomic E-state index is 0. The number of rotatable bonds is 0. The molecule has 0 aliphatic carbocycles. The second-order valence-corrected chi connectivity index (χ2v) is 2.55. The van der Waals surface area contributed by atoms with Crippen LogP contribution in [0, 0.1) is 19.6 Å². The molecule has 1 aromatic rings. The summed E-state index contributed by atoms with van der Waals surface area (Å²) in [4.78, 5) is 0. The Balaban J connectivity index is -0.000000163. The van der Waals surface area contributed by atoms with Gasteiger partial charge in [0.05, 0.1) is 0 Å². The molecule has 55 valence electrons. The van der Waals surface area contributed by atoms with Crippen LogP contribution >= 0.6 is 8.19 Å². The van der Waals surface area contributed by atoms with E-state index in [1.54, 1.807) is 0 Å². The van der Waals surface area contributed by atoms with Crippen molar-refractivity contribution < 1.29 is 46.5 Å². The summed E-state index contributed by atoms with van der Waals surface area (Å²) in [6, 6.07) is 0. The van der Waals surface area contributed by atoms with Gasteiger partial charge in [0.15, 0.2) is 0 Å². The van der Waals surface area contributed by atoms with Crippen LogP contribution in [0.25, 0.3) is 0 Å². The van der Waals surface area contributed by atoms with Gasteiger partial charge in [-0.25, -0.2) is 0 Å². The number of halogens is 2. The van der Waals surface area contributed by atoms with Gasteiger partial charge >= 0.3 is 21.7 Å². The van der Waals surface area contributed by atoms with Crippen molar-refractivity contribution >= 4 is 8.19 Å². The van der Waals surface area contributed by atoms with Crippen molar-refractivity contribution in [1.29, 1.82) is 0 Å². The van der Waals surface area contributed by atoms with E-state index in [9.17, 15) is 0 Å². The first kappa shape index (κ1) is 17.2. The average Bonchev–Trinajstić information content (AvgIpc) is 1.91. The molecule has 1 aromatic heterocycles. The molecule has 1 heterocycles. The smallest absolute Gasteiger partial charge is 1.00 e. The van der Waals surface area contributed by atoms with E-state index in [1.807, 2.05) is 0 Å². The van der Waals surface area contributed by atoms with Gasteiger partial charge < -0.3 is 24.8 Å². The Labute approximate surface area is 91.0 Å². The number of hydrogen-bond donors (Lipinski definition) is 0. The third-order valence-corrected chi connectivity index (χ3v) is 2.24. The van der Waals surface area contributed by atoms with Crippen LogP contribution in [-0.2, 0) is 21.7 Å². The Kier molecular flexibility index (Phi) is 14.1. The van der Waals surface area contributed by atoms with E-state index in [2.05, 4.69) is 25.4 Å². The normalized spacial score (nSPS) is 7.40. The number of hydrogen-bond acceptors (Lipinski definition) is 0. The van der Waals surface area contributed by atoms with Crippen molar-refractivity contribution in [2.75, 3.05) is 0 Å². The summed E-state index contributed by atoms with van der Waals surface area (Å²) in [5.41, 5.74) is 2.73. The number of aryl methyl sites for hydroxylation is 2. The molecule has 0 aliphatic heterocycles. The molecule has 1 radical (unpaired) electrons. The molecule has 0 saturated heterocycles. The second kappa shape index (κ2) is 8.17. The molecule has 10 heavy (non-hydrogen) atoms. The van der Waals surface area contributed by atoms with Crippen molar-refractivity contribution in [3.63, 3.8) is 0 Å². The molecule has 0 aromatic carbocycles. The van der Waals surface area contributed by atoms with Crippen LogP contribution in [0.2, 0.25) is 0 Å². The first-order valence-corrected chi connectivity index (χ1v) is 3.40. The van der Waals surface area contributed by atoms with E-state index in [0.29, 0.717) is 0 Å². The van der Waals surface area contributed by atoms with Crippen molar-refractivity contribution in [2.45, 2.75) is 13.8 Å². The Morgan fingerprint density at radius 3 is 1.90 bits per heavy atom. The molecule has 0 N–H and O–H groups in total. The summed E-state index contributed by atoms with van der Waals surface area (Å²) in [5, 5.41) is 0. The first-order valence-electron chi connectivity index (χ1n) is 2.33. The van der Waals surface area contributed by atoms with Crippen molar-refractivity contribution in [3.05, 3.63) is 22.7 Å². The summed E-state index contributed by atoms with van der Waals surface area (Å²) in [5.74, 6) is 5.44. The first-order chi connectivity index (χ1) is 3.30. The molecular weight excluding hydrogens is 222 g/mol. The molecule has 1 atom stereocenters. The molecule has 1 unspecified atom stereocenters. The molecule has 0 bridgehead atoms. The van der Waals surface area contributed by atoms with Gasteiger partial charge in [0.1, 0.15) is 0 Å². The van der Waals surface area contributed by atoms with Gasteiger partial charge in [0.25, 0.3) is 0 Å². The topological polar surface area (TPSA) is 0 Å². The largest absolute Gasteiger partial charge is 3.00 e. The Hall–Kier alpha value is 1.07. The van der Waals surface area contributed by atoms with Crippen LogP contribution in [0.1, 0.15) is 11.1 Å². The fourth-order valence-corrected chi connectivity index (χ4v) is 1.38. The van der Waals surface area contributed by atoms with E-state index in [4.69, 9.17) is 0 Å². The van der Waals surface area contributed by atoms with Crippen LogP contribution in [0.15, 0.2) is 5.80 Å². The van der Waals surface area contributed by atoms with Crippen LogP contribution in [-0.4, -0.2) is 0 Å².